The minimum absolute atomic E-state index is 0.0610. The molecule has 0 unspecified atom stereocenters. The maximum absolute atomic E-state index is 14.3. The number of ether oxygens (including phenoxy) is 1. The van der Waals surface area contributed by atoms with E-state index in [1.807, 2.05) is 0 Å². The van der Waals surface area contributed by atoms with Crippen LogP contribution in [0.5, 0.6) is 11.6 Å². The second-order valence-corrected chi connectivity index (χ2v) is 6.77. The van der Waals surface area contributed by atoms with Gasteiger partial charge >= 0.3 is 6.18 Å². The number of amides is 1. The predicted molar refractivity (Wildman–Crippen MR) is 104 cm³/mol. The number of nitrogens with one attached hydrogen (secondary N) is 1. The summed E-state index contributed by atoms with van der Waals surface area (Å²) < 4.78 is 59.1. The van der Waals surface area contributed by atoms with Crippen LogP contribution in [0.4, 0.5) is 23.2 Å². The minimum Gasteiger partial charge on any atom is -0.438 e. The monoisotopic (exact) mass is 418 g/mol. The van der Waals surface area contributed by atoms with Crippen LogP contribution in [0.25, 0.3) is 0 Å². The molecule has 0 aliphatic rings. The lowest BCUT2D eigenvalue weighted by Gasteiger charge is -2.14. The summed E-state index contributed by atoms with van der Waals surface area (Å²) in [6.45, 7) is 4.74. The summed E-state index contributed by atoms with van der Waals surface area (Å²) in [7, 11) is 0. The molecular formula is C22H18F4N2O2. The van der Waals surface area contributed by atoms with Gasteiger partial charge in [-0.3, -0.25) is 4.79 Å². The highest BCUT2D eigenvalue weighted by molar-refractivity contribution is 6.05. The number of rotatable bonds is 4. The van der Waals surface area contributed by atoms with E-state index in [4.69, 9.17) is 4.74 Å². The molecule has 2 aromatic carbocycles. The number of pyridine rings is 1. The van der Waals surface area contributed by atoms with Gasteiger partial charge in [0.1, 0.15) is 17.1 Å². The van der Waals surface area contributed by atoms with E-state index in [0.717, 1.165) is 6.07 Å². The van der Waals surface area contributed by atoms with E-state index in [-0.39, 0.29) is 11.3 Å². The van der Waals surface area contributed by atoms with Crippen molar-refractivity contribution in [2.75, 3.05) is 5.32 Å². The lowest BCUT2D eigenvalue weighted by molar-refractivity contribution is -0.138. The van der Waals surface area contributed by atoms with Gasteiger partial charge in [0, 0.05) is 11.4 Å². The number of carbonyl (C=O) groups excluding carboxylic acids is 1. The molecule has 0 radical (unpaired) electrons. The van der Waals surface area contributed by atoms with Crippen LogP contribution in [0.15, 0.2) is 48.5 Å². The quantitative estimate of drug-likeness (QED) is 0.513. The molecule has 0 saturated heterocycles. The Bertz CT molecular complexity index is 1090. The summed E-state index contributed by atoms with van der Waals surface area (Å²) in [5.74, 6) is -1.68. The molecule has 0 bridgehead atoms. The first-order chi connectivity index (χ1) is 14.1. The van der Waals surface area contributed by atoms with Gasteiger partial charge in [0.15, 0.2) is 0 Å². The Kier molecular flexibility index (Phi) is 5.78. The maximum Gasteiger partial charge on any atom is 0.421 e. The SMILES string of the molecule is Cc1ccc(C(F)(F)F)c(Oc2ccc(NC(=O)c3c(C)ccc(C)c3F)cc2)n1. The van der Waals surface area contributed by atoms with Crippen molar-refractivity contribution in [1.82, 2.24) is 4.98 Å². The number of aryl methyl sites for hydroxylation is 3. The molecule has 8 heteroatoms. The van der Waals surface area contributed by atoms with Gasteiger partial charge in [-0.25, -0.2) is 9.37 Å². The number of benzene rings is 2. The van der Waals surface area contributed by atoms with Gasteiger partial charge in [0.25, 0.3) is 5.91 Å². The zero-order valence-corrected chi connectivity index (χ0v) is 16.4. The average molecular weight is 418 g/mol. The second kappa shape index (κ2) is 8.14. The molecule has 1 amide bonds. The Morgan fingerprint density at radius 1 is 0.933 bits per heavy atom. The summed E-state index contributed by atoms with van der Waals surface area (Å²) in [5, 5.41) is 2.57. The Morgan fingerprint density at radius 2 is 1.57 bits per heavy atom. The first-order valence-electron chi connectivity index (χ1n) is 8.96. The van der Waals surface area contributed by atoms with E-state index < -0.39 is 29.3 Å². The van der Waals surface area contributed by atoms with Crippen LogP contribution in [-0.4, -0.2) is 10.9 Å². The van der Waals surface area contributed by atoms with Crippen molar-refractivity contribution in [2.24, 2.45) is 0 Å². The highest BCUT2D eigenvalue weighted by Crippen LogP contribution is 2.37. The molecule has 4 nitrogen and oxygen atoms in total. The van der Waals surface area contributed by atoms with Gasteiger partial charge in [0.2, 0.25) is 5.88 Å². The van der Waals surface area contributed by atoms with Crippen molar-refractivity contribution in [1.29, 1.82) is 0 Å². The fourth-order valence-electron chi connectivity index (χ4n) is 2.79. The molecule has 30 heavy (non-hydrogen) atoms. The summed E-state index contributed by atoms with van der Waals surface area (Å²) in [5.41, 5.74) is 0.490. The molecule has 1 heterocycles. The molecule has 0 spiro atoms. The van der Waals surface area contributed by atoms with Gasteiger partial charge in [-0.05, 0) is 68.3 Å². The number of nitrogens with zero attached hydrogens (tertiary/aromatic N) is 1. The molecule has 1 N–H and O–H groups in total. The topological polar surface area (TPSA) is 51.2 Å². The van der Waals surface area contributed by atoms with Crippen LogP contribution >= 0.6 is 0 Å². The maximum atomic E-state index is 14.3. The fourth-order valence-corrected chi connectivity index (χ4v) is 2.79. The van der Waals surface area contributed by atoms with Gasteiger partial charge in [-0.1, -0.05) is 12.1 Å². The molecule has 0 saturated carbocycles. The van der Waals surface area contributed by atoms with Crippen LogP contribution < -0.4 is 10.1 Å². The van der Waals surface area contributed by atoms with Crippen LogP contribution in [0, 0.1) is 26.6 Å². The Morgan fingerprint density at radius 3 is 2.20 bits per heavy atom. The number of carbonyl (C=O) groups is 1. The molecule has 0 aliphatic carbocycles. The third-order valence-corrected chi connectivity index (χ3v) is 4.40. The third-order valence-electron chi connectivity index (χ3n) is 4.40. The molecule has 1 aromatic heterocycles. The molecular weight excluding hydrogens is 400 g/mol. The van der Waals surface area contributed by atoms with Crippen LogP contribution in [0.2, 0.25) is 0 Å². The molecule has 0 atom stereocenters. The molecule has 156 valence electrons. The number of aromatic nitrogens is 1. The van der Waals surface area contributed by atoms with Gasteiger partial charge in [-0.15, -0.1) is 0 Å². The largest absolute Gasteiger partial charge is 0.438 e. The molecule has 0 aliphatic heterocycles. The van der Waals surface area contributed by atoms with Crippen LogP contribution in [0.3, 0.4) is 0 Å². The molecule has 3 aromatic rings. The number of hydrogen-bond donors (Lipinski definition) is 1. The zero-order valence-electron chi connectivity index (χ0n) is 16.4. The van der Waals surface area contributed by atoms with E-state index in [9.17, 15) is 22.4 Å². The Labute approximate surface area is 170 Å². The first-order valence-corrected chi connectivity index (χ1v) is 8.96. The van der Waals surface area contributed by atoms with Crippen molar-refractivity contribution in [3.05, 3.63) is 82.3 Å². The third kappa shape index (κ3) is 4.59. The Balaban J connectivity index is 1.79. The number of alkyl halides is 3. The summed E-state index contributed by atoms with van der Waals surface area (Å²) in [4.78, 5) is 16.3. The number of hydrogen-bond acceptors (Lipinski definition) is 3. The highest BCUT2D eigenvalue weighted by atomic mass is 19.4. The van der Waals surface area contributed by atoms with E-state index in [1.54, 1.807) is 32.9 Å². The normalized spacial score (nSPS) is 11.3. The van der Waals surface area contributed by atoms with E-state index >= 15 is 0 Å². The zero-order chi connectivity index (χ0) is 22.1. The Hall–Kier alpha value is -3.42. The minimum atomic E-state index is -4.61. The van der Waals surface area contributed by atoms with Crippen LogP contribution in [0.1, 0.15) is 32.7 Å². The first kappa shape index (κ1) is 21.3. The lowest BCUT2D eigenvalue weighted by atomic mass is 10.0. The van der Waals surface area contributed by atoms with Gasteiger partial charge in [0.05, 0.1) is 5.56 Å². The van der Waals surface area contributed by atoms with Crippen molar-refractivity contribution in [3.63, 3.8) is 0 Å². The van der Waals surface area contributed by atoms with Gasteiger partial charge < -0.3 is 10.1 Å². The number of anilines is 1. The smallest absolute Gasteiger partial charge is 0.421 e. The van der Waals surface area contributed by atoms with Crippen molar-refractivity contribution in [2.45, 2.75) is 26.9 Å². The van der Waals surface area contributed by atoms with Gasteiger partial charge in [-0.2, -0.15) is 13.2 Å². The number of halogens is 4. The molecule has 3 rings (SSSR count). The predicted octanol–water partition coefficient (Wildman–Crippen LogP) is 6.21. The summed E-state index contributed by atoms with van der Waals surface area (Å²) in [6.07, 6.45) is -4.61. The van der Waals surface area contributed by atoms with Crippen molar-refractivity contribution < 1.29 is 27.1 Å². The van der Waals surface area contributed by atoms with E-state index in [1.165, 1.54) is 30.3 Å². The summed E-state index contributed by atoms with van der Waals surface area (Å²) in [6, 6.07) is 11.1. The van der Waals surface area contributed by atoms with Crippen molar-refractivity contribution >= 4 is 11.6 Å². The molecule has 0 fully saturated rings. The van der Waals surface area contributed by atoms with Crippen LogP contribution in [-0.2, 0) is 6.18 Å². The summed E-state index contributed by atoms with van der Waals surface area (Å²) >= 11 is 0. The second-order valence-electron chi connectivity index (χ2n) is 6.77. The van der Waals surface area contributed by atoms with E-state index in [0.29, 0.717) is 22.5 Å². The van der Waals surface area contributed by atoms with Crippen molar-refractivity contribution in [3.8, 4) is 11.6 Å². The lowest BCUT2D eigenvalue weighted by Crippen LogP contribution is -2.16. The highest BCUT2D eigenvalue weighted by Gasteiger charge is 2.35. The van der Waals surface area contributed by atoms with E-state index in [2.05, 4.69) is 10.3 Å². The standard InChI is InChI=1S/C22H18F4N2O2/c1-12-4-5-13(2)19(23)18(12)20(29)28-15-7-9-16(10-8-15)30-21-17(22(24,25)26)11-6-14(3)27-21/h4-11H,1-3H3,(H,28,29). The fraction of sp³-hybridized carbons (Fsp3) is 0.182. The average Bonchev–Trinajstić information content (AvgIpc) is 2.66.